The number of rotatable bonds is 7. The zero-order chi connectivity index (χ0) is 18.5. The number of para-hydroxylation sites is 1. The number of hydrogen-bond acceptors (Lipinski definition) is 3. The van der Waals surface area contributed by atoms with Crippen LogP contribution in [0.5, 0.6) is 0 Å². The molecule has 3 aromatic carbocycles. The van der Waals surface area contributed by atoms with Crippen LogP contribution in [0.1, 0.15) is 25.3 Å². The fraction of sp³-hybridized carbons (Fsp3) is 0.217. The van der Waals surface area contributed by atoms with E-state index in [9.17, 15) is 0 Å². The van der Waals surface area contributed by atoms with Crippen LogP contribution in [0.25, 0.3) is 11.0 Å². The van der Waals surface area contributed by atoms with E-state index in [2.05, 4.69) is 94.7 Å². The second-order valence-corrected chi connectivity index (χ2v) is 8.20. The monoisotopic (exact) mass is 373 g/mol. The molecule has 4 rings (SSSR count). The summed E-state index contributed by atoms with van der Waals surface area (Å²) in [4.78, 5) is 1.02. The van der Waals surface area contributed by atoms with E-state index in [4.69, 9.17) is 0 Å². The Morgan fingerprint density at radius 1 is 0.852 bits per heavy atom. The highest BCUT2D eigenvalue weighted by molar-refractivity contribution is 8.00. The first-order valence-corrected chi connectivity index (χ1v) is 10.2. The maximum absolute atomic E-state index is 4.62. The van der Waals surface area contributed by atoms with Crippen molar-refractivity contribution in [3.63, 3.8) is 0 Å². The van der Waals surface area contributed by atoms with E-state index < -0.39 is 0 Å². The van der Waals surface area contributed by atoms with Gasteiger partial charge in [0, 0.05) is 11.3 Å². The lowest BCUT2D eigenvalue weighted by Crippen LogP contribution is -2.33. The van der Waals surface area contributed by atoms with E-state index >= 15 is 0 Å². The Hall–Kier alpha value is -2.59. The van der Waals surface area contributed by atoms with Gasteiger partial charge in [0.05, 0.1) is 5.52 Å². The largest absolute Gasteiger partial charge is 0.228 e. The average Bonchev–Trinajstić information content (AvgIpc) is 3.14. The van der Waals surface area contributed by atoms with Gasteiger partial charge in [-0.3, -0.25) is 0 Å². The lowest BCUT2D eigenvalue weighted by atomic mass is 10.0. The van der Waals surface area contributed by atoms with Gasteiger partial charge in [-0.25, -0.2) is 4.68 Å². The van der Waals surface area contributed by atoms with Crippen molar-refractivity contribution in [3.8, 4) is 0 Å². The molecule has 0 fully saturated rings. The summed E-state index contributed by atoms with van der Waals surface area (Å²) in [6.45, 7) is 2.24. The van der Waals surface area contributed by atoms with Crippen molar-refractivity contribution in [1.29, 1.82) is 0 Å². The van der Waals surface area contributed by atoms with Gasteiger partial charge in [-0.2, -0.15) is 0 Å². The van der Waals surface area contributed by atoms with Gasteiger partial charge in [0.1, 0.15) is 10.4 Å². The van der Waals surface area contributed by atoms with Gasteiger partial charge >= 0.3 is 0 Å². The number of fused-ring (bicyclic) bond motifs is 1. The van der Waals surface area contributed by atoms with Crippen molar-refractivity contribution in [2.45, 2.75) is 36.0 Å². The molecule has 1 atom stereocenters. The summed E-state index contributed by atoms with van der Waals surface area (Å²) in [6, 6.07) is 29.6. The Balaban J connectivity index is 1.86. The first-order valence-electron chi connectivity index (χ1n) is 9.40. The summed E-state index contributed by atoms with van der Waals surface area (Å²) < 4.78 is 2.15. The quantitative estimate of drug-likeness (QED) is 0.377. The number of thioether (sulfide) groups is 1. The van der Waals surface area contributed by atoms with E-state index in [1.807, 2.05) is 23.9 Å². The molecule has 3 nitrogen and oxygen atoms in total. The first-order chi connectivity index (χ1) is 13.3. The maximum atomic E-state index is 4.62. The topological polar surface area (TPSA) is 30.7 Å². The molecule has 0 aliphatic rings. The Kier molecular flexibility index (Phi) is 5.26. The number of nitrogens with zero attached hydrogens (tertiary/aromatic N) is 3. The van der Waals surface area contributed by atoms with Gasteiger partial charge in [0.2, 0.25) is 0 Å². The molecule has 1 unspecified atom stereocenters. The predicted octanol–water partition coefficient (Wildman–Crippen LogP) is 5.92. The molecule has 4 heteroatoms. The molecular weight excluding hydrogens is 350 g/mol. The van der Waals surface area contributed by atoms with E-state index in [0.717, 1.165) is 30.3 Å². The van der Waals surface area contributed by atoms with E-state index in [0.29, 0.717) is 0 Å². The van der Waals surface area contributed by atoms with Gasteiger partial charge < -0.3 is 0 Å². The van der Waals surface area contributed by atoms with Gasteiger partial charge in [-0.1, -0.05) is 91.0 Å². The van der Waals surface area contributed by atoms with Crippen LogP contribution in [0, 0.1) is 0 Å². The highest BCUT2D eigenvalue weighted by Gasteiger charge is 2.35. The van der Waals surface area contributed by atoms with Crippen LogP contribution in [-0.2, 0) is 11.3 Å². The normalized spacial score (nSPS) is 13.5. The fourth-order valence-electron chi connectivity index (χ4n) is 3.58. The summed E-state index contributed by atoms with van der Waals surface area (Å²) in [5.74, 6) is 0. The van der Waals surface area contributed by atoms with Gasteiger partial charge in [-0.15, -0.1) is 5.10 Å². The zero-order valence-corrected chi connectivity index (χ0v) is 16.3. The van der Waals surface area contributed by atoms with Crippen LogP contribution in [0.4, 0.5) is 0 Å². The van der Waals surface area contributed by atoms with Crippen LogP contribution in [0.15, 0.2) is 89.8 Å². The molecule has 27 heavy (non-hydrogen) atoms. The molecule has 0 N–H and O–H groups in total. The molecule has 0 saturated heterocycles. The summed E-state index contributed by atoms with van der Waals surface area (Å²) in [5.41, 5.74) is 3.35. The first kappa shape index (κ1) is 17.8. The lowest BCUT2D eigenvalue weighted by Gasteiger charge is -2.34. The second-order valence-electron chi connectivity index (χ2n) is 6.76. The molecule has 0 radical (unpaired) electrons. The highest BCUT2D eigenvalue weighted by atomic mass is 32.2. The number of hydrogen-bond donors (Lipinski definition) is 0. The van der Waals surface area contributed by atoms with Crippen LogP contribution in [0.3, 0.4) is 0 Å². The van der Waals surface area contributed by atoms with Crippen molar-refractivity contribution < 1.29 is 0 Å². The molecule has 0 amide bonds. The van der Waals surface area contributed by atoms with E-state index in [1.165, 1.54) is 10.5 Å². The minimum absolute atomic E-state index is 0.229. The van der Waals surface area contributed by atoms with Gasteiger partial charge in [0.25, 0.3) is 0 Å². The fourth-order valence-corrected chi connectivity index (χ4v) is 5.08. The maximum Gasteiger partial charge on any atom is 0.119 e. The van der Waals surface area contributed by atoms with Crippen molar-refractivity contribution in [2.75, 3.05) is 0 Å². The molecule has 0 aliphatic heterocycles. The molecule has 0 spiro atoms. The van der Waals surface area contributed by atoms with Crippen LogP contribution < -0.4 is 0 Å². The van der Waals surface area contributed by atoms with Crippen molar-refractivity contribution in [3.05, 3.63) is 90.5 Å². The molecule has 4 aromatic rings. The second kappa shape index (κ2) is 7.97. The van der Waals surface area contributed by atoms with Gasteiger partial charge in [0.15, 0.2) is 0 Å². The summed E-state index contributed by atoms with van der Waals surface area (Å²) in [5, 5.41) is 9.07. The minimum Gasteiger partial charge on any atom is -0.228 e. The van der Waals surface area contributed by atoms with Crippen LogP contribution in [-0.4, -0.2) is 15.0 Å². The van der Waals surface area contributed by atoms with E-state index in [-0.39, 0.29) is 4.87 Å². The van der Waals surface area contributed by atoms with Crippen molar-refractivity contribution in [2.24, 2.45) is 0 Å². The molecular formula is C23H23N3S. The summed E-state index contributed by atoms with van der Waals surface area (Å²) in [6.07, 6.45) is 2.98. The Bertz CT molecular complexity index is 954. The molecule has 1 heterocycles. The van der Waals surface area contributed by atoms with E-state index in [1.54, 1.807) is 0 Å². The average molecular weight is 374 g/mol. The highest BCUT2D eigenvalue weighted by Crippen LogP contribution is 2.44. The molecule has 1 aromatic heterocycles. The van der Waals surface area contributed by atoms with Crippen molar-refractivity contribution >= 4 is 22.8 Å². The summed E-state index contributed by atoms with van der Waals surface area (Å²) in [7, 11) is 0. The molecule has 136 valence electrons. The third kappa shape index (κ3) is 3.76. The Morgan fingerprint density at radius 2 is 1.52 bits per heavy atom. The van der Waals surface area contributed by atoms with Crippen LogP contribution >= 0.6 is 11.8 Å². The Morgan fingerprint density at radius 3 is 2.26 bits per heavy atom. The molecule has 0 bridgehead atoms. The standard InChI is InChI=1S/C23H23N3S/c1-2-17-23(18-19-11-5-3-6-12-19,27-20-13-7-4-8-14-20)26-22-16-10-9-15-21(22)24-25-26/h3-16H,2,17-18H2,1H3. The SMILES string of the molecule is CCCC(Cc1ccccc1)(Sc1ccccc1)n1nnc2ccccc21. The third-order valence-corrected chi connectivity index (χ3v) is 6.16. The van der Waals surface area contributed by atoms with Gasteiger partial charge in [-0.05, 0) is 36.2 Å². The molecule has 0 saturated carbocycles. The number of benzene rings is 3. The third-order valence-electron chi connectivity index (χ3n) is 4.75. The smallest absolute Gasteiger partial charge is 0.119 e. The van der Waals surface area contributed by atoms with Crippen LogP contribution in [0.2, 0.25) is 0 Å². The zero-order valence-electron chi connectivity index (χ0n) is 15.5. The Labute approximate surface area is 164 Å². The van der Waals surface area contributed by atoms with Crippen molar-refractivity contribution in [1.82, 2.24) is 15.0 Å². The molecule has 0 aliphatic carbocycles. The minimum atomic E-state index is -0.229. The lowest BCUT2D eigenvalue weighted by molar-refractivity contribution is 0.370. The summed E-state index contributed by atoms with van der Waals surface area (Å²) >= 11 is 1.89. The number of aromatic nitrogens is 3. The predicted molar refractivity (Wildman–Crippen MR) is 113 cm³/mol.